The summed E-state index contributed by atoms with van der Waals surface area (Å²) in [6.07, 6.45) is -1.43. The van der Waals surface area contributed by atoms with Crippen molar-refractivity contribution in [2.75, 3.05) is 11.9 Å². The molecule has 7 nitrogen and oxygen atoms in total. The van der Waals surface area contributed by atoms with Gasteiger partial charge in [0.1, 0.15) is 6.10 Å². The summed E-state index contributed by atoms with van der Waals surface area (Å²) in [6.45, 7) is 1.09. The summed E-state index contributed by atoms with van der Waals surface area (Å²) >= 11 is 0. The van der Waals surface area contributed by atoms with E-state index in [1.807, 2.05) is 0 Å². The Labute approximate surface area is 109 Å². The van der Waals surface area contributed by atoms with Gasteiger partial charge < -0.3 is 21.5 Å². The fourth-order valence-electron chi connectivity index (χ4n) is 1.33. The lowest BCUT2D eigenvalue weighted by molar-refractivity contribution is -0.125. The lowest BCUT2D eigenvalue weighted by atomic mass is 10.2. The number of hydrogen-bond acceptors (Lipinski definition) is 4. The third-order valence-corrected chi connectivity index (χ3v) is 2.23. The molecule has 0 saturated carbocycles. The molecule has 0 heterocycles. The highest BCUT2D eigenvalue weighted by atomic mass is 16.3. The maximum atomic E-state index is 11.7. The summed E-state index contributed by atoms with van der Waals surface area (Å²) in [5.74, 6) is -1.64. The number of aliphatic hydroxyl groups is 1. The molecule has 0 fully saturated rings. The van der Waals surface area contributed by atoms with Crippen molar-refractivity contribution in [2.45, 2.75) is 13.0 Å². The van der Waals surface area contributed by atoms with Crippen LogP contribution in [0.15, 0.2) is 24.3 Å². The van der Waals surface area contributed by atoms with Crippen LogP contribution >= 0.6 is 0 Å². The molecule has 1 atom stereocenters. The molecule has 0 aliphatic carbocycles. The number of primary amides is 1. The fraction of sp³-hybridized carbons (Fsp3) is 0.250. The van der Waals surface area contributed by atoms with Gasteiger partial charge in [0.25, 0.3) is 5.91 Å². The fourth-order valence-corrected chi connectivity index (χ4v) is 1.33. The number of aliphatic hydroxyl groups excluding tert-OH is 1. The van der Waals surface area contributed by atoms with E-state index in [2.05, 4.69) is 10.6 Å². The SMILES string of the molecule is CC(=O)Nc1cccc(C(=O)NCC(O)C(N)=O)c1. The van der Waals surface area contributed by atoms with Crippen LogP contribution in [0.25, 0.3) is 0 Å². The molecular formula is C12H15N3O4. The summed E-state index contributed by atoms with van der Waals surface area (Å²) in [7, 11) is 0. The number of nitrogens with two attached hydrogens (primary N) is 1. The number of amides is 3. The van der Waals surface area contributed by atoms with Gasteiger partial charge in [-0.05, 0) is 18.2 Å². The molecule has 0 saturated heterocycles. The zero-order valence-corrected chi connectivity index (χ0v) is 10.3. The van der Waals surface area contributed by atoms with Gasteiger partial charge in [-0.2, -0.15) is 0 Å². The molecule has 0 spiro atoms. The molecule has 0 bridgehead atoms. The molecule has 0 aromatic heterocycles. The second kappa shape index (κ2) is 6.50. The zero-order chi connectivity index (χ0) is 14.4. The molecule has 1 unspecified atom stereocenters. The first kappa shape index (κ1) is 14.7. The van der Waals surface area contributed by atoms with Crippen LogP contribution in [-0.4, -0.2) is 35.5 Å². The summed E-state index contributed by atoms with van der Waals surface area (Å²) in [5.41, 5.74) is 5.63. The van der Waals surface area contributed by atoms with Crippen molar-refractivity contribution in [2.24, 2.45) is 5.73 Å². The normalized spacial score (nSPS) is 11.5. The standard InChI is InChI=1S/C12H15N3O4/c1-7(16)15-9-4-2-3-8(5-9)12(19)14-6-10(17)11(13)18/h2-5,10,17H,6H2,1H3,(H2,13,18)(H,14,19)(H,15,16). The minimum Gasteiger partial charge on any atom is -0.381 e. The zero-order valence-electron chi connectivity index (χ0n) is 10.3. The van der Waals surface area contributed by atoms with E-state index in [-0.39, 0.29) is 12.5 Å². The third-order valence-electron chi connectivity index (χ3n) is 2.23. The molecule has 0 aliphatic rings. The third kappa shape index (κ3) is 4.76. The van der Waals surface area contributed by atoms with Crippen molar-refractivity contribution >= 4 is 23.4 Å². The van der Waals surface area contributed by atoms with Gasteiger partial charge in [0.2, 0.25) is 11.8 Å². The number of nitrogens with one attached hydrogen (secondary N) is 2. The van der Waals surface area contributed by atoms with Crippen LogP contribution in [0.2, 0.25) is 0 Å². The predicted octanol–water partition coefficient (Wildman–Crippen LogP) is -0.779. The minimum atomic E-state index is -1.43. The summed E-state index contributed by atoms with van der Waals surface area (Å²) in [5, 5.41) is 14.0. The quantitative estimate of drug-likeness (QED) is 0.558. The van der Waals surface area contributed by atoms with Crippen LogP contribution in [0.3, 0.4) is 0 Å². The summed E-state index contributed by atoms with van der Waals surface area (Å²) in [4.78, 5) is 33.2. The van der Waals surface area contributed by atoms with Crippen LogP contribution in [0.5, 0.6) is 0 Å². The van der Waals surface area contributed by atoms with E-state index in [0.717, 1.165) is 0 Å². The first-order chi connectivity index (χ1) is 8.90. The van der Waals surface area contributed by atoms with Crippen molar-refractivity contribution in [3.05, 3.63) is 29.8 Å². The molecular weight excluding hydrogens is 250 g/mol. The number of benzene rings is 1. The minimum absolute atomic E-state index is 0.248. The number of carbonyl (C=O) groups is 3. The lowest BCUT2D eigenvalue weighted by Gasteiger charge is -2.09. The topological polar surface area (TPSA) is 122 Å². The van der Waals surface area contributed by atoms with Crippen molar-refractivity contribution in [1.82, 2.24) is 5.32 Å². The van der Waals surface area contributed by atoms with Crippen LogP contribution in [0, 0.1) is 0 Å². The Hall–Kier alpha value is -2.41. The Balaban J connectivity index is 2.66. The van der Waals surface area contributed by atoms with E-state index in [1.165, 1.54) is 19.1 Å². The Bertz CT molecular complexity index is 502. The highest BCUT2D eigenvalue weighted by Crippen LogP contribution is 2.10. The van der Waals surface area contributed by atoms with E-state index >= 15 is 0 Å². The maximum Gasteiger partial charge on any atom is 0.251 e. The summed E-state index contributed by atoms with van der Waals surface area (Å²) < 4.78 is 0. The van der Waals surface area contributed by atoms with E-state index in [9.17, 15) is 14.4 Å². The monoisotopic (exact) mass is 265 g/mol. The molecule has 19 heavy (non-hydrogen) atoms. The smallest absolute Gasteiger partial charge is 0.251 e. The predicted molar refractivity (Wildman–Crippen MR) is 68.3 cm³/mol. The second-order valence-corrected chi connectivity index (χ2v) is 3.89. The van der Waals surface area contributed by atoms with Crippen LogP contribution in [0.4, 0.5) is 5.69 Å². The average Bonchev–Trinajstić information content (AvgIpc) is 2.34. The van der Waals surface area contributed by atoms with E-state index < -0.39 is 17.9 Å². The Kier molecular flexibility index (Phi) is 5.01. The molecule has 3 amide bonds. The number of rotatable bonds is 5. The maximum absolute atomic E-state index is 11.7. The van der Waals surface area contributed by atoms with E-state index in [4.69, 9.17) is 10.8 Å². The second-order valence-electron chi connectivity index (χ2n) is 3.89. The molecule has 0 radical (unpaired) electrons. The van der Waals surface area contributed by atoms with Gasteiger partial charge in [-0.3, -0.25) is 14.4 Å². The number of hydrogen-bond donors (Lipinski definition) is 4. The molecule has 1 rings (SSSR count). The lowest BCUT2D eigenvalue weighted by Crippen LogP contribution is -2.39. The molecule has 102 valence electrons. The van der Waals surface area contributed by atoms with Crippen molar-refractivity contribution in [3.8, 4) is 0 Å². The van der Waals surface area contributed by atoms with Gasteiger partial charge in [0, 0.05) is 18.2 Å². The van der Waals surface area contributed by atoms with Crippen LogP contribution < -0.4 is 16.4 Å². The highest BCUT2D eigenvalue weighted by Gasteiger charge is 2.13. The Morgan fingerprint density at radius 3 is 2.63 bits per heavy atom. The van der Waals surface area contributed by atoms with Crippen molar-refractivity contribution in [1.29, 1.82) is 0 Å². The van der Waals surface area contributed by atoms with Crippen LogP contribution in [-0.2, 0) is 9.59 Å². The molecule has 0 aliphatic heterocycles. The Morgan fingerprint density at radius 1 is 1.37 bits per heavy atom. The van der Waals surface area contributed by atoms with Crippen LogP contribution in [0.1, 0.15) is 17.3 Å². The average molecular weight is 265 g/mol. The first-order valence-corrected chi connectivity index (χ1v) is 5.53. The number of carbonyl (C=O) groups excluding carboxylic acids is 3. The first-order valence-electron chi connectivity index (χ1n) is 5.53. The van der Waals surface area contributed by atoms with Crippen molar-refractivity contribution < 1.29 is 19.5 Å². The molecule has 1 aromatic rings. The number of anilines is 1. The highest BCUT2D eigenvalue weighted by molar-refractivity contribution is 5.97. The van der Waals surface area contributed by atoms with Gasteiger partial charge in [0.05, 0.1) is 6.54 Å². The van der Waals surface area contributed by atoms with Gasteiger partial charge in [-0.15, -0.1) is 0 Å². The van der Waals surface area contributed by atoms with E-state index in [0.29, 0.717) is 11.3 Å². The van der Waals surface area contributed by atoms with Gasteiger partial charge in [-0.1, -0.05) is 6.07 Å². The van der Waals surface area contributed by atoms with Gasteiger partial charge in [0.15, 0.2) is 0 Å². The van der Waals surface area contributed by atoms with Gasteiger partial charge >= 0.3 is 0 Å². The largest absolute Gasteiger partial charge is 0.381 e. The summed E-state index contributed by atoms with van der Waals surface area (Å²) in [6, 6.07) is 6.26. The van der Waals surface area contributed by atoms with E-state index in [1.54, 1.807) is 12.1 Å². The van der Waals surface area contributed by atoms with Gasteiger partial charge in [-0.25, -0.2) is 0 Å². The Morgan fingerprint density at radius 2 is 2.05 bits per heavy atom. The van der Waals surface area contributed by atoms with Crippen molar-refractivity contribution in [3.63, 3.8) is 0 Å². The molecule has 1 aromatic carbocycles. The molecule has 7 heteroatoms. The molecule has 5 N–H and O–H groups in total.